The molecule has 0 amide bonds. The van der Waals surface area contributed by atoms with Crippen molar-refractivity contribution in [2.24, 2.45) is 0 Å². The first-order valence-corrected chi connectivity index (χ1v) is 7.23. The Labute approximate surface area is 101 Å². The molecular weight excluding hydrogens is 198 g/mol. The van der Waals surface area contributed by atoms with Crippen LogP contribution in [0, 0.1) is 0 Å². The van der Waals surface area contributed by atoms with Gasteiger partial charge < -0.3 is 10.1 Å². The van der Waals surface area contributed by atoms with Crippen molar-refractivity contribution in [3.63, 3.8) is 0 Å². The molecule has 2 unspecified atom stereocenters. The Hall–Kier alpha value is -0.0800. The molecule has 2 heteroatoms. The Bertz CT molecular complexity index is 145. The van der Waals surface area contributed by atoms with Gasteiger partial charge in [0.25, 0.3) is 0 Å². The minimum absolute atomic E-state index is 0.479. The van der Waals surface area contributed by atoms with Crippen LogP contribution in [0.15, 0.2) is 0 Å². The molecule has 0 aromatic rings. The predicted octanol–water partition coefficient (Wildman–Crippen LogP) is 3.50. The van der Waals surface area contributed by atoms with E-state index in [1.165, 1.54) is 51.4 Å². The third-order valence-electron chi connectivity index (χ3n) is 3.39. The molecule has 16 heavy (non-hydrogen) atoms. The number of unbranched alkanes of at least 4 members (excludes halogenated alkanes) is 4. The smallest absolute Gasteiger partial charge is 0.0703 e. The van der Waals surface area contributed by atoms with Gasteiger partial charge in [0.1, 0.15) is 0 Å². The van der Waals surface area contributed by atoms with Crippen LogP contribution in [0.4, 0.5) is 0 Å². The van der Waals surface area contributed by atoms with E-state index in [9.17, 15) is 0 Å². The second-order valence-corrected chi connectivity index (χ2v) is 5.03. The molecule has 0 bridgehead atoms. The van der Waals surface area contributed by atoms with Gasteiger partial charge in [0.15, 0.2) is 0 Å². The summed E-state index contributed by atoms with van der Waals surface area (Å²) in [4.78, 5) is 0. The Balaban J connectivity index is 2.09. The lowest BCUT2D eigenvalue weighted by atomic mass is 10.1. The zero-order chi connectivity index (χ0) is 11.6. The fraction of sp³-hybridized carbons (Fsp3) is 1.00. The molecule has 1 rings (SSSR count). The van der Waals surface area contributed by atoms with Crippen LogP contribution in [-0.2, 0) is 4.74 Å². The van der Waals surface area contributed by atoms with E-state index >= 15 is 0 Å². The Morgan fingerprint density at radius 2 is 1.38 bits per heavy atom. The molecule has 0 spiro atoms. The van der Waals surface area contributed by atoms with Crippen molar-refractivity contribution in [2.75, 3.05) is 13.1 Å². The highest BCUT2D eigenvalue weighted by molar-refractivity contribution is 4.74. The largest absolute Gasteiger partial charge is 0.372 e. The van der Waals surface area contributed by atoms with Gasteiger partial charge in [0.05, 0.1) is 12.2 Å². The van der Waals surface area contributed by atoms with Crippen molar-refractivity contribution in [3.8, 4) is 0 Å². The lowest BCUT2D eigenvalue weighted by Gasteiger charge is -2.31. The van der Waals surface area contributed by atoms with Gasteiger partial charge in [-0.15, -0.1) is 0 Å². The summed E-state index contributed by atoms with van der Waals surface area (Å²) >= 11 is 0. The van der Waals surface area contributed by atoms with Crippen molar-refractivity contribution in [1.29, 1.82) is 0 Å². The molecule has 0 aromatic heterocycles. The molecule has 1 N–H and O–H groups in total. The highest BCUT2D eigenvalue weighted by atomic mass is 16.5. The zero-order valence-electron chi connectivity index (χ0n) is 11.1. The average molecular weight is 227 g/mol. The third-order valence-corrected chi connectivity index (χ3v) is 3.39. The van der Waals surface area contributed by atoms with Crippen molar-refractivity contribution in [3.05, 3.63) is 0 Å². The fourth-order valence-corrected chi connectivity index (χ4v) is 2.36. The van der Waals surface area contributed by atoms with E-state index < -0.39 is 0 Å². The summed E-state index contributed by atoms with van der Waals surface area (Å²) in [6.45, 7) is 6.64. The summed E-state index contributed by atoms with van der Waals surface area (Å²) in [6.07, 6.45) is 11.4. The minimum atomic E-state index is 0.479. The molecule has 0 aliphatic carbocycles. The molecule has 96 valence electrons. The number of hydrogen-bond acceptors (Lipinski definition) is 2. The lowest BCUT2D eigenvalue weighted by molar-refractivity contribution is -0.0456. The molecular formula is C14H29NO. The van der Waals surface area contributed by atoms with Gasteiger partial charge in [0.2, 0.25) is 0 Å². The van der Waals surface area contributed by atoms with Crippen LogP contribution in [0.3, 0.4) is 0 Å². The van der Waals surface area contributed by atoms with Crippen LogP contribution in [0.1, 0.15) is 65.2 Å². The summed E-state index contributed by atoms with van der Waals surface area (Å²) in [5.74, 6) is 0. The van der Waals surface area contributed by atoms with Crippen molar-refractivity contribution in [2.45, 2.75) is 77.4 Å². The SMILES string of the molecule is CCCCCC1CNCC(CCCCC)O1. The van der Waals surface area contributed by atoms with E-state index in [2.05, 4.69) is 19.2 Å². The Morgan fingerprint density at radius 1 is 0.875 bits per heavy atom. The van der Waals surface area contributed by atoms with Crippen LogP contribution in [0.5, 0.6) is 0 Å². The molecule has 1 saturated heterocycles. The van der Waals surface area contributed by atoms with Gasteiger partial charge in [-0.3, -0.25) is 0 Å². The summed E-state index contributed by atoms with van der Waals surface area (Å²) in [5, 5.41) is 3.51. The highest BCUT2D eigenvalue weighted by Crippen LogP contribution is 2.15. The molecule has 2 nitrogen and oxygen atoms in total. The number of morpholine rings is 1. The van der Waals surface area contributed by atoms with Gasteiger partial charge in [-0.1, -0.05) is 52.4 Å². The first-order chi connectivity index (χ1) is 7.86. The number of hydrogen-bond donors (Lipinski definition) is 1. The molecule has 1 heterocycles. The third kappa shape index (κ3) is 5.86. The molecule has 1 aliphatic heterocycles. The van der Waals surface area contributed by atoms with Gasteiger partial charge in [-0.2, -0.15) is 0 Å². The van der Waals surface area contributed by atoms with Crippen molar-refractivity contribution in [1.82, 2.24) is 5.32 Å². The highest BCUT2D eigenvalue weighted by Gasteiger charge is 2.20. The van der Waals surface area contributed by atoms with Gasteiger partial charge >= 0.3 is 0 Å². The van der Waals surface area contributed by atoms with E-state index in [-0.39, 0.29) is 0 Å². The van der Waals surface area contributed by atoms with Gasteiger partial charge in [-0.05, 0) is 12.8 Å². The molecule has 0 aromatic carbocycles. The number of ether oxygens (including phenoxy) is 1. The standard InChI is InChI=1S/C14H29NO/c1-3-5-7-9-13-11-15-12-14(16-13)10-8-6-4-2/h13-15H,3-12H2,1-2H3. The van der Waals surface area contributed by atoms with E-state index in [0.29, 0.717) is 12.2 Å². The maximum Gasteiger partial charge on any atom is 0.0703 e. The summed E-state index contributed by atoms with van der Waals surface area (Å²) < 4.78 is 6.12. The van der Waals surface area contributed by atoms with E-state index in [1.807, 2.05) is 0 Å². The topological polar surface area (TPSA) is 21.3 Å². The van der Waals surface area contributed by atoms with Crippen LogP contribution in [0.2, 0.25) is 0 Å². The Kier molecular flexibility index (Phi) is 7.87. The predicted molar refractivity (Wildman–Crippen MR) is 69.8 cm³/mol. The van der Waals surface area contributed by atoms with Crippen molar-refractivity contribution >= 4 is 0 Å². The monoisotopic (exact) mass is 227 g/mol. The summed E-state index contributed by atoms with van der Waals surface area (Å²) in [6, 6.07) is 0. The normalized spacial score (nSPS) is 25.9. The first-order valence-electron chi connectivity index (χ1n) is 7.23. The lowest BCUT2D eigenvalue weighted by Crippen LogP contribution is -2.44. The average Bonchev–Trinajstić information content (AvgIpc) is 2.30. The van der Waals surface area contributed by atoms with E-state index in [1.54, 1.807) is 0 Å². The minimum Gasteiger partial charge on any atom is -0.372 e. The quantitative estimate of drug-likeness (QED) is 0.641. The van der Waals surface area contributed by atoms with Gasteiger partial charge in [-0.25, -0.2) is 0 Å². The van der Waals surface area contributed by atoms with E-state index in [0.717, 1.165) is 13.1 Å². The summed E-state index contributed by atoms with van der Waals surface area (Å²) in [5.41, 5.74) is 0. The van der Waals surface area contributed by atoms with Crippen molar-refractivity contribution < 1.29 is 4.74 Å². The summed E-state index contributed by atoms with van der Waals surface area (Å²) in [7, 11) is 0. The molecule has 0 radical (unpaired) electrons. The van der Waals surface area contributed by atoms with E-state index in [4.69, 9.17) is 4.74 Å². The van der Waals surface area contributed by atoms with Crippen LogP contribution in [-0.4, -0.2) is 25.3 Å². The molecule has 1 fully saturated rings. The molecule has 0 saturated carbocycles. The first kappa shape index (κ1) is 14.0. The van der Waals surface area contributed by atoms with Gasteiger partial charge in [0, 0.05) is 13.1 Å². The molecule has 1 aliphatic rings. The Morgan fingerprint density at radius 3 is 1.81 bits per heavy atom. The molecule has 2 atom stereocenters. The van der Waals surface area contributed by atoms with Crippen LogP contribution >= 0.6 is 0 Å². The maximum absolute atomic E-state index is 6.12. The number of rotatable bonds is 8. The number of nitrogens with one attached hydrogen (secondary N) is 1. The zero-order valence-corrected chi connectivity index (χ0v) is 11.1. The second kappa shape index (κ2) is 9.00. The second-order valence-electron chi connectivity index (χ2n) is 5.03. The maximum atomic E-state index is 6.12. The fourth-order valence-electron chi connectivity index (χ4n) is 2.36. The van der Waals surface area contributed by atoms with Crippen LogP contribution < -0.4 is 5.32 Å². The van der Waals surface area contributed by atoms with Crippen LogP contribution in [0.25, 0.3) is 0 Å².